The molecule has 0 bridgehead atoms. The van der Waals surface area contributed by atoms with Crippen LogP contribution in [0.2, 0.25) is 0 Å². The number of hydrogen-bond acceptors (Lipinski definition) is 3. The van der Waals surface area contributed by atoms with E-state index in [-0.39, 0.29) is 0 Å². The summed E-state index contributed by atoms with van der Waals surface area (Å²) in [5.74, 6) is 0. The Morgan fingerprint density at radius 3 is 1.93 bits per heavy atom. The van der Waals surface area contributed by atoms with Crippen LogP contribution in [0.1, 0.15) is 33.1 Å². The average Bonchev–Trinajstić information content (AvgIpc) is 2.17. The Hall–Kier alpha value is -0.120. The van der Waals surface area contributed by atoms with Crippen LogP contribution < -0.4 is 0 Å². The third-order valence-corrected chi connectivity index (χ3v) is 3.03. The van der Waals surface area contributed by atoms with Crippen LogP contribution in [0.3, 0.4) is 0 Å². The van der Waals surface area contributed by atoms with Gasteiger partial charge in [0, 0.05) is 6.54 Å². The predicted octanol–water partition coefficient (Wildman–Crippen LogP) is 1.42. The quantitative estimate of drug-likeness (QED) is 0.665. The zero-order chi connectivity index (χ0) is 11.9. The summed E-state index contributed by atoms with van der Waals surface area (Å²) >= 11 is 0. The Kier molecular flexibility index (Phi) is 7.14. The van der Waals surface area contributed by atoms with E-state index in [0.29, 0.717) is 0 Å². The Morgan fingerprint density at radius 2 is 1.53 bits per heavy atom. The maximum absolute atomic E-state index is 10.2. The van der Waals surface area contributed by atoms with Crippen molar-refractivity contribution in [2.75, 3.05) is 40.8 Å². The van der Waals surface area contributed by atoms with Gasteiger partial charge in [-0.05, 0) is 53.5 Å². The molecule has 0 aromatic rings. The summed E-state index contributed by atoms with van der Waals surface area (Å²) in [5.41, 5.74) is -0.493. The molecule has 0 radical (unpaired) electrons. The number of nitrogens with zero attached hydrogens (tertiary/aromatic N) is 2. The molecule has 0 saturated heterocycles. The van der Waals surface area contributed by atoms with Gasteiger partial charge in [-0.2, -0.15) is 0 Å². The lowest BCUT2D eigenvalue weighted by Crippen LogP contribution is -2.41. The molecule has 0 saturated carbocycles. The molecule has 92 valence electrons. The van der Waals surface area contributed by atoms with E-state index in [2.05, 4.69) is 44.8 Å². The molecule has 0 rings (SSSR count). The summed E-state index contributed by atoms with van der Waals surface area (Å²) in [6.07, 6.45) is 2.83. The van der Waals surface area contributed by atoms with Gasteiger partial charge in [-0.1, -0.05) is 13.8 Å². The molecule has 15 heavy (non-hydrogen) atoms. The normalized spacial score (nSPS) is 12.8. The molecule has 0 spiro atoms. The van der Waals surface area contributed by atoms with Crippen molar-refractivity contribution in [3.8, 4) is 0 Å². The van der Waals surface area contributed by atoms with Gasteiger partial charge in [0.1, 0.15) is 0 Å². The molecule has 0 heterocycles. The van der Waals surface area contributed by atoms with Crippen LogP contribution in [0.15, 0.2) is 0 Å². The Balaban J connectivity index is 3.76. The monoisotopic (exact) mass is 216 g/mol. The van der Waals surface area contributed by atoms with Gasteiger partial charge in [-0.15, -0.1) is 0 Å². The zero-order valence-electron chi connectivity index (χ0n) is 11.1. The highest BCUT2D eigenvalue weighted by Gasteiger charge is 2.23. The number of aliphatic hydroxyl groups is 1. The Labute approximate surface area is 95.1 Å². The molecule has 3 heteroatoms. The first-order chi connectivity index (χ1) is 6.93. The first-order valence-corrected chi connectivity index (χ1v) is 5.99. The number of likely N-dealkylation sites (N-methyl/N-ethyl adjacent to an activating group) is 1. The molecule has 0 atom stereocenters. The lowest BCUT2D eigenvalue weighted by molar-refractivity contribution is 0.00263. The van der Waals surface area contributed by atoms with Crippen LogP contribution in [-0.2, 0) is 0 Å². The topological polar surface area (TPSA) is 26.7 Å². The van der Waals surface area contributed by atoms with Crippen molar-refractivity contribution >= 4 is 0 Å². The second kappa shape index (κ2) is 7.20. The molecule has 0 aromatic carbocycles. The van der Waals surface area contributed by atoms with Crippen LogP contribution in [0.4, 0.5) is 0 Å². The number of hydrogen-bond donors (Lipinski definition) is 1. The third kappa shape index (κ3) is 6.88. The van der Waals surface area contributed by atoms with E-state index < -0.39 is 5.60 Å². The van der Waals surface area contributed by atoms with Crippen molar-refractivity contribution in [1.29, 1.82) is 0 Å². The lowest BCUT2D eigenvalue weighted by Gasteiger charge is -2.30. The van der Waals surface area contributed by atoms with Crippen molar-refractivity contribution in [2.24, 2.45) is 0 Å². The van der Waals surface area contributed by atoms with E-state index in [1.54, 1.807) is 0 Å². The summed E-state index contributed by atoms with van der Waals surface area (Å²) < 4.78 is 0. The van der Waals surface area contributed by atoms with E-state index in [1.807, 2.05) is 0 Å². The molecule has 1 N–H and O–H groups in total. The van der Waals surface area contributed by atoms with Gasteiger partial charge in [-0.25, -0.2) is 0 Å². The summed E-state index contributed by atoms with van der Waals surface area (Å²) in [5, 5.41) is 10.2. The lowest BCUT2D eigenvalue weighted by atomic mass is 9.97. The standard InChI is InChI=1S/C12H28N2O/c1-6-12(15,7-2)11-14(5)10-8-9-13(3)4/h15H,6-11H2,1-5H3. The highest BCUT2D eigenvalue weighted by Crippen LogP contribution is 2.15. The van der Waals surface area contributed by atoms with Crippen LogP contribution in [0, 0.1) is 0 Å². The largest absolute Gasteiger partial charge is 0.389 e. The van der Waals surface area contributed by atoms with Crippen LogP contribution in [0.25, 0.3) is 0 Å². The summed E-state index contributed by atoms with van der Waals surface area (Å²) in [6.45, 7) is 7.06. The summed E-state index contributed by atoms with van der Waals surface area (Å²) in [6, 6.07) is 0. The van der Waals surface area contributed by atoms with Crippen molar-refractivity contribution in [3.05, 3.63) is 0 Å². The second-order valence-electron chi connectivity index (χ2n) is 4.83. The highest BCUT2D eigenvalue weighted by molar-refractivity contribution is 4.78. The minimum atomic E-state index is -0.493. The van der Waals surface area contributed by atoms with Crippen molar-refractivity contribution in [1.82, 2.24) is 9.80 Å². The second-order valence-corrected chi connectivity index (χ2v) is 4.83. The van der Waals surface area contributed by atoms with E-state index in [4.69, 9.17) is 0 Å². The Morgan fingerprint density at radius 1 is 1.00 bits per heavy atom. The fourth-order valence-electron chi connectivity index (χ4n) is 1.71. The van der Waals surface area contributed by atoms with Gasteiger partial charge < -0.3 is 14.9 Å². The number of rotatable bonds is 8. The molecule has 0 unspecified atom stereocenters. The van der Waals surface area contributed by atoms with E-state index in [1.165, 1.54) is 0 Å². The van der Waals surface area contributed by atoms with Crippen LogP contribution >= 0.6 is 0 Å². The Bertz CT molecular complexity index is 156. The zero-order valence-corrected chi connectivity index (χ0v) is 11.1. The first-order valence-electron chi connectivity index (χ1n) is 5.99. The van der Waals surface area contributed by atoms with Crippen molar-refractivity contribution < 1.29 is 5.11 Å². The molecule has 0 aliphatic heterocycles. The van der Waals surface area contributed by atoms with Crippen LogP contribution in [-0.4, -0.2) is 61.3 Å². The van der Waals surface area contributed by atoms with E-state index in [9.17, 15) is 5.11 Å². The van der Waals surface area contributed by atoms with E-state index >= 15 is 0 Å². The molecule has 0 aliphatic carbocycles. The maximum atomic E-state index is 10.2. The summed E-state index contributed by atoms with van der Waals surface area (Å²) in [4.78, 5) is 4.43. The molecule has 0 aromatic heterocycles. The van der Waals surface area contributed by atoms with Gasteiger partial charge in [0.25, 0.3) is 0 Å². The molecule has 0 amide bonds. The molecule has 0 fully saturated rings. The van der Waals surface area contributed by atoms with Gasteiger partial charge in [0.15, 0.2) is 0 Å². The molecule has 3 nitrogen and oxygen atoms in total. The SMILES string of the molecule is CCC(O)(CC)CN(C)CCCN(C)C. The fraction of sp³-hybridized carbons (Fsp3) is 1.00. The minimum Gasteiger partial charge on any atom is -0.389 e. The van der Waals surface area contributed by atoms with Crippen LogP contribution in [0.5, 0.6) is 0 Å². The summed E-state index contributed by atoms with van der Waals surface area (Å²) in [7, 11) is 6.27. The first kappa shape index (κ1) is 14.9. The molecular weight excluding hydrogens is 188 g/mol. The highest BCUT2D eigenvalue weighted by atomic mass is 16.3. The predicted molar refractivity (Wildman–Crippen MR) is 66.2 cm³/mol. The minimum absolute atomic E-state index is 0.493. The third-order valence-electron chi connectivity index (χ3n) is 3.03. The van der Waals surface area contributed by atoms with Gasteiger partial charge in [0.05, 0.1) is 5.60 Å². The van der Waals surface area contributed by atoms with Gasteiger partial charge >= 0.3 is 0 Å². The van der Waals surface area contributed by atoms with E-state index in [0.717, 1.165) is 38.9 Å². The maximum Gasteiger partial charge on any atom is 0.0768 e. The smallest absolute Gasteiger partial charge is 0.0768 e. The van der Waals surface area contributed by atoms with Crippen molar-refractivity contribution in [2.45, 2.75) is 38.7 Å². The average molecular weight is 216 g/mol. The van der Waals surface area contributed by atoms with Gasteiger partial charge in [-0.3, -0.25) is 0 Å². The fourth-order valence-corrected chi connectivity index (χ4v) is 1.71. The van der Waals surface area contributed by atoms with Crippen molar-refractivity contribution in [3.63, 3.8) is 0 Å². The molecule has 0 aliphatic rings. The van der Waals surface area contributed by atoms with Gasteiger partial charge in [0.2, 0.25) is 0 Å². The molecular formula is C12H28N2O.